The SMILES string of the molecule is O=S(=O)(c1cc(F)cc(F)c1)N1CCCC(Cc2nc(-c3cnccn3)no2)C1. The first-order valence-corrected chi connectivity index (χ1v) is 10.4. The van der Waals surface area contributed by atoms with Gasteiger partial charge in [0.25, 0.3) is 0 Å². The van der Waals surface area contributed by atoms with Gasteiger partial charge in [-0.3, -0.25) is 4.98 Å². The van der Waals surface area contributed by atoms with E-state index >= 15 is 0 Å². The van der Waals surface area contributed by atoms with Gasteiger partial charge in [0, 0.05) is 38.0 Å². The van der Waals surface area contributed by atoms with Crippen LogP contribution in [-0.2, 0) is 16.4 Å². The zero-order valence-electron chi connectivity index (χ0n) is 15.2. The van der Waals surface area contributed by atoms with E-state index in [0.29, 0.717) is 36.3 Å². The largest absolute Gasteiger partial charge is 0.339 e. The molecule has 152 valence electrons. The second kappa shape index (κ2) is 7.91. The van der Waals surface area contributed by atoms with Crippen LogP contribution in [0.4, 0.5) is 8.78 Å². The second-order valence-electron chi connectivity index (χ2n) is 6.78. The van der Waals surface area contributed by atoms with Crippen LogP contribution in [0.3, 0.4) is 0 Å². The lowest BCUT2D eigenvalue weighted by atomic mass is 9.96. The molecule has 1 aliphatic rings. The van der Waals surface area contributed by atoms with Gasteiger partial charge >= 0.3 is 0 Å². The summed E-state index contributed by atoms with van der Waals surface area (Å²) < 4.78 is 59.1. The van der Waals surface area contributed by atoms with E-state index in [9.17, 15) is 17.2 Å². The number of rotatable bonds is 5. The van der Waals surface area contributed by atoms with Crippen LogP contribution in [0.1, 0.15) is 18.7 Å². The van der Waals surface area contributed by atoms with Gasteiger partial charge in [-0.15, -0.1) is 0 Å². The third-order valence-corrected chi connectivity index (χ3v) is 6.52. The molecular weight excluding hydrogens is 404 g/mol. The van der Waals surface area contributed by atoms with E-state index in [2.05, 4.69) is 20.1 Å². The molecule has 0 bridgehead atoms. The molecule has 1 fully saturated rings. The molecule has 1 unspecified atom stereocenters. The average Bonchev–Trinajstić information content (AvgIpc) is 3.16. The molecule has 3 heterocycles. The first-order valence-electron chi connectivity index (χ1n) is 8.97. The lowest BCUT2D eigenvalue weighted by molar-refractivity contribution is 0.247. The molecule has 0 aliphatic carbocycles. The topological polar surface area (TPSA) is 102 Å². The molecule has 0 amide bonds. The third-order valence-electron chi connectivity index (χ3n) is 4.68. The quantitative estimate of drug-likeness (QED) is 0.623. The minimum atomic E-state index is -4.00. The summed E-state index contributed by atoms with van der Waals surface area (Å²) in [6.45, 7) is 0.481. The maximum absolute atomic E-state index is 13.5. The molecule has 2 aromatic heterocycles. The minimum Gasteiger partial charge on any atom is -0.339 e. The Morgan fingerprint density at radius 1 is 1.17 bits per heavy atom. The van der Waals surface area contributed by atoms with Crippen LogP contribution in [0.15, 0.2) is 46.2 Å². The van der Waals surface area contributed by atoms with Gasteiger partial charge in [-0.2, -0.15) is 9.29 Å². The Hall–Kier alpha value is -2.79. The Labute approximate surface area is 165 Å². The van der Waals surface area contributed by atoms with Gasteiger partial charge in [-0.25, -0.2) is 22.2 Å². The van der Waals surface area contributed by atoms with Crippen LogP contribution in [-0.4, -0.2) is 45.9 Å². The highest BCUT2D eigenvalue weighted by Crippen LogP contribution is 2.27. The van der Waals surface area contributed by atoms with Gasteiger partial charge < -0.3 is 4.52 Å². The van der Waals surface area contributed by atoms with Crippen molar-refractivity contribution in [3.05, 3.63) is 54.3 Å². The Morgan fingerprint density at radius 3 is 2.69 bits per heavy atom. The monoisotopic (exact) mass is 421 g/mol. The van der Waals surface area contributed by atoms with Gasteiger partial charge in [-0.1, -0.05) is 5.16 Å². The Kier molecular flexibility index (Phi) is 5.33. The minimum absolute atomic E-state index is 0.0629. The van der Waals surface area contributed by atoms with Crippen molar-refractivity contribution in [2.75, 3.05) is 13.1 Å². The normalized spacial score (nSPS) is 18.1. The fraction of sp³-hybridized carbons (Fsp3) is 0.333. The van der Waals surface area contributed by atoms with Crippen molar-refractivity contribution in [3.8, 4) is 11.5 Å². The summed E-state index contributed by atoms with van der Waals surface area (Å²) in [6, 6.07) is 2.29. The fourth-order valence-corrected chi connectivity index (χ4v) is 4.94. The second-order valence-corrected chi connectivity index (χ2v) is 8.72. The van der Waals surface area contributed by atoms with E-state index in [0.717, 1.165) is 18.6 Å². The highest BCUT2D eigenvalue weighted by molar-refractivity contribution is 7.89. The van der Waals surface area contributed by atoms with Crippen molar-refractivity contribution in [2.45, 2.75) is 24.2 Å². The molecule has 0 spiro atoms. The number of benzene rings is 1. The lowest BCUT2D eigenvalue weighted by Gasteiger charge is -2.31. The summed E-state index contributed by atoms with van der Waals surface area (Å²) in [5.74, 6) is -1.25. The van der Waals surface area contributed by atoms with Crippen molar-refractivity contribution >= 4 is 10.0 Å². The molecule has 0 N–H and O–H groups in total. The standard InChI is InChI=1S/C18H17F2N5O3S/c19-13-7-14(20)9-15(8-13)29(26,27)25-5-1-2-12(11-25)6-17-23-18(24-28-17)16-10-21-3-4-22-16/h3-4,7-10,12H,1-2,5-6,11H2. The van der Waals surface area contributed by atoms with E-state index < -0.39 is 26.6 Å². The van der Waals surface area contributed by atoms with E-state index in [-0.39, 0.29) is 19.0 Å². The number of hydrogen-bond acceptors (Lipinski definition) is 7. The van der Waals surface area contributed by atoms with Crippen LogP contribution in [0.25, 0.3) is 11.5 Å². The van der Waals surface area contributed by atoms with Crippen molar-refractivity contribution in [1.29, 1.82) is 0 Å². The zero-order chi connectivity index (χ0) is 20.4. The van der Waals surface area contributed by atoms with E-state index in [1.165, 1.54) is 22.9 Å². The van der Waals surface area contributed by atoms with Gasteiger partial charge in [-0.05, 0) is 30.9 Å². The Balaban J connectivity index is 1.48. The number of nitrogens with zero attached hydrogens (tertiary/aromatic N) is 5. The summed E-state index contributed by atoms with van der Waals surface area (Å²) in [7, 11) is -4.00. The maximum Gasteiger partial charge on any atom is 0.243 e. The average molecular weight is 421 g/mol. The Bertz CT molecular complexity index is 1090. The van der Waals surface area contributed by atoms with Crippen molar-refractivity contribution in [1.82, 2.24) is 24.4 Å². The van der Waals surface area contributed by atoms with Crippen LogP contribution < -0.4 is 0 Å². The van der Waals surface area contributed by atoms with Gasteiger partial charge in [0.05, 0.1) is 11.1 Å². The highest BCUT2D eigenvalue weighted by atomic mass is 32.2. The van der Waals surface area contributed by atoms with E-state index in [1.54, 1.807) is 0 Å². The molecule has 11 heteroatoms. The molecule has 1 atom stereocenters. The molecule has 8 nitrogen and oxygen atoms in total. The molecule has 4 rings (SSSR count). The van der Waals surface area contributed by atoms with E-state index in [1.807, 2.05) is 0 Å². The van der Waals surface area contributed by atoms with Crippen molar-refractivity contribution in [3.63, 3.8) is 0 Å². The van der Waals surface area contributed by atoms with Crippen molar-refractivity contribution < 1.29 is 21.7 Å². The molecule has 29 heavy (non-hydrogen) atoms. The summed E-state index contributed by atoms with van der Waals surface area (Å²) in [5, 5.41) is 3.88. The molecule has 1 saturated heterocycles. The zero-order valence-corrected chi connectivity index (χ0v) is 16.0. The molecule has 0 saturated carbocycles. The van der Waals surface area contributed by atoms with Crippen molar-refractivity contribution in [2.24, 2.45) is 5.92 Å². The first-order chi connectivity index (χ1) is 13.9. The molecular formula is C18H17F2N5O3S. The number of halogens is 2. The highest BCUT2D eigenvalue weighted by Gasteiger charge is 2.32. The number of sulfonamides is 1. The summed E-state index contributed by atoms with van der Waals surface area (Å²) in [5.41, 5.74) is 0.475. The molecule has 1 aliphatic heterocycles. The predicted octanol–water partition coefficient (Wildman–Crippen LogP) is 2.45. The molecule has 3 aromatic rings. The molecule has 1 aromatic carbocycles. The maximum atomic E-state index is 13.5. The molecule has 0 radical (unpaired) electrons. The number of hydrogen-bond donors (Lipinski definition) is 0. The van der Waals surface area contributed by atoms with Crippen LogP contribution in [0.5, 0.6) is 0 Å². The van der Waals surface area contributed by atoms with E-state index in [4.69, 9.17) is 4.52 Å². The summed E-state index contributed by atoms with van der Waals surface area (Å²) in [4.78, 5) is 12.0. The van der Waals surface area contributed by atoms with Gasteiger partial charge in [0.2, 0.25) is 21.7 Å². The summed E-state index contributed by atoms with van der Waals surface area (Å²) >= 11 is 0. The first kappa shape index (κ1) is 19.5. The fourth-order valence-electron chi connectivity index (χ4n) is 3.34. The lowest BCUT2D eigenvalue weighted by Crippen LogP contribution is -2.40. The van der Waals surface area contributed by atoms with Crippen LogP contribution >= 0.6 is 0 Å². The Morgan fingerprint density at radius 2 is 1.97 bits per heavy atom. The summed E-state index contributed by atoms with van der Waals surface area (Å²) in [6.07, 6.45) is 6.34. The smallest absolute Gasteiger partial charge is 0.243 e. The van der Waals surface area contributed by atoms with Crippen LogP contribution in [0, 0.1) is 17.6 Å². The van der Waals surface area contributed by atoms with Gasteiger partial charge in [0.1, 0.15) is 17.3 Å². The number of piperidine rings is 1. The number of aromatic nitrogens is 4. The predicted molar refractivity (Wildman–Crippen MR) is 96.9 cm³/mol. The third kappa shape index (κ3) is 4.30. The van der Waals surface area contributed by atoms with Crippen LogP contribution in [0.2, 0.25) is 0 Å². The van der Waals surface area contributed by atoms with Gasteiger partial charge in [0.15, 0.2) is 0 Å².